The molecule has 0 radical (unpaired) electrons. The maximum Gasteiger partial charge on any atom is 0.275 e. The summed E-state index contributed by atoms with van der Waals surface area (Å²) >= 11 is 0. The highest BCUT2D eigenvalue weighted by atomic mass is 16.5. The van der Waals surface area contributed by atoms with Crippen molar-refractivity contribution < 1.29 is 18.8 Å². The summed E-state index contributed by atoms with van der Waals surface area (Å²) in [6, 6.07) is 9.12. The molecule has 0 spiro atoms. The van der Waals surface area contributed by atoms with Gasteiger partial charge in [-0.25, -0.2) is 0 Å². The molecule has 4 aromatic heterocycles. The van der Waals surface area contributed by atoms with Crippen LogP contribution in [0, 0.1) is 18.3 Å². The molecule has 1 aliphatic rings. The molecule has 0 unspecified atom stereocenters. The van der Waals surface area contributed by atoms with Crippen LogP contribution < -0.4 is 9.47 Å². The van der Waals surface area contributed by atoms with Crippen molar-refractivity contribution >= 4 is 11.6 Å². The van der Waals surface area contributed by atoms with Crippen molar-refractivity contribution in [2.45, 2.75) is 32.9 Å². The molecule has 0 fully saturated rings. The monoisotopic (exact) mass is 460 g/mol. The van der Waals surface area contributed by atoms with Crippen LogP contribution in [-0.4, -0.2) is 54.4 Å². The number of fused-ring (bicyclic) bond motifs is 2. The molecule has 4 aromatic rings. The van der Waals surface area contributed by atoms with Crippen molar-refractivity contribution in [2.75, 3.05) is 13.7 Å². The van der Waals surface area contributed by atoms with Crippen LogP contribution in [0.3, 0.4) is 0 Å². The van der Waals surface area contributed by atoms with Crippen molar-refractivity contribution in [3.05, 3.63) is 47.0 Å². The summed E-state index contributed by atoms with van der Waals surface area (Å²) in [5, 5.41) is 25.5. The molecule has 12 nitrogen and oxygen atoms in total. The van der Waals surface area contributed by atoms with Gasteiger partial charge in [0.05, 0.1) is 18.9 Å². The van der Waals surface area contributed by atoms with E-state index in [-0.39, 0.29) is 24.8 Å². The topological polar surface area (TPSA) is 145 Å². The van der Waals surface area contributed by atoms with Gasteiger partial charge in [-0.2, -0.15) is 9.78 Å². The van der Waals surface area contributed by atoms with Crippen molar-refractivity contribution in [2.24, 2.45) is 0 Å². The van der Waals surface area contributed by atoms with Gasteiger partial charge >= 0.3 is 0 Å². The number of carbonyl (C=O) groups is 1. The number of nitrogens with zero attached hydrogens (tertiary/aromatic N) is 8. The molecule has 12 heteroatoms. The van der Waals surface area contributed by atoms with Gasteiger partial charge in [0.1, 0.15) is 18.8 Å². The lowest BCUT2D eigenvalue weighted by atomic mass is 10.0. The summed E-state index contributed by atoms with van der Waals surface area (Å²) in [5.74, 6) is 1.56. The van der Waals surface area contributed by atoms with Gasteiger partial charge in [0.15, 0.2) is 17.1 Å². The van der Waals surface area contributed by atoms with E-state index in [1.54, 1.807) is 24.0 Å². The number of aryl methyl sites for hydroxylation is 1. The van der Waals surface area contributed by atoms with E-state index in [1.807, 2.05) is 18.2 Å². The fourth-order valence-corrected chi connectivity index (χ4v) is 3.75. The van der Waals surface area contributed by atoms with E-state index in [4.69, 9.17) is 24.2 Å². The van der Waals surface area contributed by atoms with Crippen molar-refractivity contribution in [3.8, 4) is 29.2 Å². The van der Waals surface area contributed by atoms with E-state index < -0.39 is 0 Å². The Hall–Kier alpha value is -4.53. The van der Waals surface area contributed by atoms with Gasteiger partial charge in [0, 0.05) is 37.3 Å². The van der Waals surface area contributed by atoms with E-state index in [0.29, 0.717) is 48.2 Å². The molecule has 1 amide bonds. The van der Waals surface area contributed by atoms with Crippen LogP contribution in [0.1, 0.15) is 29.1 Å². The zero-order chi connectivity index (χ0) is 23.7. The predicted molar refractivity (Wildman–Crippen MR) is 115 cm³/mol. The van der Waals surface area contributed by atoms with Crippen LogP contribution in [0.25, 0.3) is 17.2 Å². The van der Waals surface area contributed by atoms with Gasteiger partial charge in [0.25, 0.3) is 5.88 Å². The molecule has 0 N–H and O–H groups in total. The average Bonchev–Trinajstić information content (AvgIpc) is 3.47. The SMILES string of the molecule is COc1cc2nnc(-c3cc(C)on3)n2nc1OCc1ccc2c(n1)CCN(C(=O)CC#N)C2. The molecular formula is C22H20N8O4. The lowest BCUT2D eigenvalue weighted by molar-refractivity contribution is -0.131. The quantitative estimate of drug-likeness (QED) is 0.418. The summed E-state index contributed by atoms with van der Waals surface area (Å²) < 4.78 is 18.0. The number of ether oxygens (including phenoxy) is 2. The minimum absolute atomic E-state index is 0.113. The summed E-state index contributed by atoms with van der Waals surface area (Å²) in [6.45, 7) is 2.94. The normalized spacial score (nSPS) is 12.9. The zero-order valence-corrected chi connectivity index (χ0v) is 18.6. The van der Waals surface area contributed by atoms with Crippen LogP contribution in [0.4, 0.5) is 0 Å². The number of methoxy groups -OCH3 is 1. The Balaban J connectivity index is 1.36. The number of pyridine rings is 1. The molecule has 5 heterocycles. The Morgan fingerprint density at radius 1 is 1.29 bits per heavy atom. The molecule has 172 valence electrons. The van der Waals surface area contributed by atoms with Gasteiger partial charge in [-0.3, -0.25) is 9.78 Å². The second kappa shape index (κ2) is 8.78. The molecule has 1 aliphatic heterocycles. The number of aromatic nitrogens is 6. The highest BCUT2D eigenvalue weighted by molar-refractivity contribution is 5.78. The summed E-state index contributed by atoms with van der Waals surface area (Å²) in [5.41, 5.74) is 3.58. The molecule has 0 atom stereocenters. The third-order valence-electron chi connectivity index (χ3n) is 5.45. The zero-order valence-electron chi connectivity index (χ0n) is 18.6. The van der Waals surface area contributed by atoms with E-state index >= 15 is 0 Å². The number of amides is 1. The first-order valence-corrected chi connectivity index (χ1v) is 10.5. The lowest BCUT2D eigenvalue weighted by Gasteiger charge is -2.28. The second-order valence-electron chi connectivity index (χ2n) is 7.73. The number of nitriles is 1. The maximum absolute atomic E-state index is 12.0. The molecular weight excluding hydrogens is 440 g/mol. The Morgan fingerprint density at radius 2 is 2.18 bits per heavy atom. The smallest absolute Gasteiger partial charge is 0.275 e. The summed E-state index contributed by atoms with van der Waals surface area (Å²) in [7, 11) is 1.52. The minimum Gasteiger partial charge on any atom is -0.491 e. The lowest BCUT2D eigenvalue weighted by Crippen LogP contribution is -2.36. The van der Waals surface area contributed by atoms with E-state index in [1.165, 1.54) is 11.6 Å². The first-order chi connectivity index (χ1) is 16.6. The Morgan fingerprint density at radius 3 is 2.94 bits per heavy atom. The van der Waals surface area contributed by atoms with Crippen LogP contribution in [0.2, 0.25) is 0 Å². The largest absolute Gasteiger partial charge is 0.491 e. The Kier molecular flexibility index (Phi) is 5.51. The van der Waals surface area contributed by atoms with Gasteiger partial charge in [0.2, 0.25) is 11.7 Å². The Labute approximate surface area is 193 Å². The number of hydrogen-bond acceptors (Lipinski definition) is 10. The molecule has 0 saturated heterocycles. The second-order valence-corrected chi connectivity index (χ2v) is 7.73. The number of hydrogen-bond donors (Lipinski definition) is 0. The van der Waals surface area contributed by atoms with Gasteiger partial charge in [-0.05, 0) is 18.6 Å². The average molecular weight is 460 g/mol. The number of rotatable bonds is 6. The molecule has 0 aromatic carbocycles. The maximum atomic E-state index is 12.0. The van der Waals surface area contributed by atoms with Crippen LogP contribution in [0.15, 0.2) is 28.8 Å². The van der Waals surface area contributed by atoms with Gasteiger partial charge < -0.3 is 18.9 Å². The summed E-state index contributed by atoms with van der Waals surface area (Å²) in [6.07, 6.45) is 0.507. The molecule has 5 rings (SSSR count). The fourth-order valence-electron chi connectivity index (χ4n) is 3.75. The molecule has 0 bridgehead atoms. The van der Waals surface area contributed by atoms with Gasteiger partial charge in [-0.1, -0.05) is 11.2 Å². The molecule has 34 heavy (non-hydrogen) atoms. The first-order valence-electron chi connectivity index (χ1n) is 10.5. The fraction of sp³-hybridized carbons (Fsp3) is 0.318. The van der Waals surface area contributed by atoms with E-state index in [2.05, 4.69) is 20.5 Å². The highest BCUT2D eigenvalue weighted by Gasteiger charge is 2.22. The minimum atomic E-state index is -0.164. The standard InChI is InChI=1S/C22H20N8O4/c1-13-9-17(28-34-13)21-26-25-19-10-18(32-2)22(27-30(19)21)33-12-15-4-3-14-11-29(20(31)5-7-23)8-6-16(14)24-15/h3-4,9-10H,5-6,8,11-12H2,1-2H3. The molecule has 0 saturated carbocycles. The van der Waals surface area contributed by atoms with Crippen LogP contribution >= 0.6 is 0 Å². The number of carbonyl (C=O) groups excluding carboxylic acids is 1. The highest BCUT2D eigenvalue weighted by Crippen LogP contribution is 2.28. The van der Waals surface area contributed by atoms with E-state index in [9.17, 15) is 4.79 Å². The first kappa shape index (κ1) is 21.3. The Bertz CT molecular complexity index is 1420. The van der Waals surface area contributed by atoms with Crippen molar-refractivity contribution in [3.63, 3.8) is 0 Å². The third kappa shape index (κ3) is 3.99. The predicted octanol–water partition coefficient (Wildman–Crippen LogP) is 1.87. The summed E-state index contributed by atoms with van der Waals surface area (Å²) in [4.78, 5) is 18.4. The van der Waals surface area contributed by atoms with Crippen molar-refractivity contribution in [1.82, 2.24) is 34.9 Å². The third-order valence-corrected chi connectivity index (χ3v) is 5.45. The molecule has 0 aliphatic carbocycles. The van der Waals surface area contributed by atoms with Crippen LogP contribution in [0.5, 0.6) is 11.6 Å². The van der Waals surface area contributed by atoms with Crippen LogP contribution in [-0.2, 0) is 24.4 Å². The van der Waals surface area contributed by atoms with Crippen molar-refractivity contribution in [1.29, 1.82) is 5.26 Å². The van der Waals surface area contributed by atoms with Gasteiger partial charge in [-0.15, -0.1) is 15.3 Å². The van der Waals surface area contributed by atoms with E-state index in [0.717, 1.165) is 17.0 Å².